The molecular weight excluding hydrogens is 418 g/mol. The summed E-state index contributed by atoms with van der Waals surface area (Å²) in [6.45, 7) is 4.78. The summed E-state index contributed by atoms with van der Waals surface area (Å²) in [7, 11) is 1.50. The van der Waals surface area contributed by atoms with Gasteiger partial charge >= 0.3 is 0 Å². The molecule has 8 heteroatoms. The van der Waals surface area contributed by atoms with Crippen LogP contribution < -0.4 is 5.32 Å². The minimum atomic E-state index is -0.274. The number of ether oxygens (including phenoxy) is 1. The van der Waals surface area contributed by atoms with Crippen LogP contribution >= 0.6 is 22.7 Å². The summed E-state index contributed by atoms with van der Waals surface area (Å²) in [6.07, 6.45) is 3.21. The van der Waals surface area contributed by atoms with Crippen LogP contribution in [-0.4, -0.2) is 35.4 Å². The average Bonchev–Trinajstić information content (AvgIpc) is 3.31. The van der Waals surface area contributed by atoms with Gasteiger partial charge in [0.1, 0.15) is 10.0 Å². The Morgan fingerprint density at radius 3 is 2.80 bits per heavy atom. The largest absolute Gasteiger partial charge is 0.491 e. The number of para-hydroxylation sites is 1. The Morgan fingerprint density at radius 2 is 2.10 bits per heavy atom. The van der Waals surface area contributed by atoms with Crippen LogP contribution in [0.4, 0.5) is 5.00 Å². The number of rotatable bonds is 5. The van der Waals surface area contributed by atoms with Crippen LogP contribution in [0.1, 0.15) is 30.7 Å². The lowest BCUT2D eigenvalue weighted by Crippen LogP contribution is -2.33. The van der Waals surface area contributed by atoms with E-state index in [-0.39, 0.29) is 11.8 Å². The van der Waals surface area contributed by atoms with Crippen molar-refractivity contribution in [3.8, 4) is 10.6 Å². The molecule has 1 aromatic carbocycles. The Morgan fingerprint density at radius 1 is 1.30 bits per heavy atom. The van der Waals surface area contributed by atoms with Gasteiger partial charge < -0.3 is 15.0 Å². The fourth-order valence-corrected chi connectivity index (χ4v) is 5.95. The molecule has 0 saturated heterocycles. The number of fused-ring (bicyclic) bond motifs is 2. The standard InChI is InChI=1S/C22H23N3O3S2/c1-4-7-16(28-3)20(27)24-22-19(21-23-15-8-5-6-9-17(15)29-21)14-10-11-25(13(2)26)12-18(14)30-22/h5-9H,4,10-12H2,1-3H3,(H,24,27)/b16-7-. The normalized spacial score (nSPS) is 14.0. The number of amides is 2. The van der Waals surface area contributed by atoms with Crippen LogP contribution in [-0.2, 0) is 27.3 Å². The first-order valence-electron chi connectivity index (χ1n) is 9.83. The van der Waals surface area contributed by atoms with Gasteiger partial charge in [0.2, 0.25) is 5.91 Å². The third-order valence-electron chi connectivity index (χ3n) is 5.07. The number of aromatic nitrogens is 1. The molecule has 0 spiro atoms. The number of nitrogens with zero attached hydrogens (tertiary/aromatic N) is 2. The molecule has 0 atom stereocenters. The molecule has 0 fully saturated rings. The summed E-state index contributed by atoms with van der Waals surface area (Å²) < 4.78 is 6.36. The molecule has 0 unspecified atom stereocenters. The fraction of sp³-hybridized carbons (Fsp3) is 0.318. The second kappa shape index (κ2) is 8.57. The van der Waals surface area contributed by atoms with Crippen LogP contribution in [0.3, 0.4) is 0 Å². The van der Waals surface area contributed by atoms with E-state index in [2.05, 4.69) is 11.4 Å². The van der Waals surface area contributed by atoms with Gasteiger partial charge in [-0.25, -0.2) is 4.98 Å². The third kappa shape index (κ3) is 3.85. The van der Waals surface area contributed by atoms with Crippen LogP contribution in [0.15, 0.2) is 36.1 Å². The van der Waals surface area contributed by atoms with Gasteiger partial charge in [0.15, 0.2) is 5.76 Å². The zero-order valence-electron chi connectivity index (χ0n) is 17.2. The molecule has 30 heavy (non-hydrogen) atoms. The molecule has 1 aliphatic heterocycles. The zero-order chi connectivity index (χ0) is 21.3. The first kappa shape index (κ1) is 20.6. The molecule has 1 N–H and O–H groups in total. The van der Waals surface area contributed by atoms with Gasteiger partial charge in [-0.3, -0.25) is 9.59 Å². The maximum atomic E-state index is 12.8. The van der Waals surface area contributed by atoms with Gasteiger partial charge in [0.05, 0.1) is 23.9 Å². The van der Waals surface area contributed by atoms with Crippen molar-refractivity contribution in [2.24, 2.45) is 0 Å². The smallest absolute Gasteiger partial charge is 0.290 e. The number of anilines is 1. The lowest BCUT2D eigenvalue weighted by atomic mass is 10.0. The van der Waals surface area contributed by atoms with Crippen LogP contribution in [0.25, 0.3) is 20.8 Å². The third-order valence-corrected chi connectivity index (χ3v) is 7.26. The monoisotopic (exact) mass is 441 g/mol. The molecule has 1 aliphatic rings. The number of thiazole rings is 1. The Balaban J connectivity index is 1.79. The van der Waals surface area contributed by atoms with Crippen molar-refractivity contribution in [2.45, 2.75) is 33.2 Å². The fourth-order valence-electron chi connectivity index (χ4n) is 3.58. The van der Waals surface area contributed by atoms with E-state index in [1.54, 1.807) is 24.3 Å². The number of carbonyl (C=O) groups excluding carboxylic acids is 2. The number of hydrogen-bond acceptors (Lipinski definition) is 6. The first-order valence-corrected chi connectivity index (χ1v) is 11.5. The van der Waals surface area contributed by atoms with Gasteiger partial charge in [-0.15, -0.1) is 22.7 Å². The molecule has 3 heterocycles. The highest BCUT2D eigenvalue weighted by Crippen LogP contribution is 2.45. The Bertz CT molecular complexity index is 1110. The predicted octanol–water partition coefficient (Wildman–Crippen LogP) is 4.81. The molecule has 3 aromatic rings. The summed E-state index contributed by atoms with van der Waals surface area (Å²) in [5.41, 5.74) is 3.09. The van der Waals surface area contributed by atoms with Crippen LogP contribution in [0.2, 0.25) is 0 Å². The van der Waals surface area contributed by atoms with E-state index in [1.807, 2.05) is 30.0 Å². The molecule has 0 aliphatic carbocycles. The summed E-state index contributed by atoms with van der Waals surface area (Å²) >= 11 is 3.14. The van der Waals surface area contributed by atoms with Crippen molar-refractivity contribution in [1.82, 2.24) is 9.88 Å². The van der Waals surface area contributed by atoms with Crippen LogP contribution in [0, 0.1) is 0 Å². The highest BCUT2D eigenvalue weighted by Gasteiger charge is 2.29. The summed E-state index contributed by atoms with van der Waals surface area (Å²) in [6, 6.07) is 8.03. The van der Waals surface area contributed by atoms with Crippen molar-refractivity contribution in [3.05, 3.63) is 46.5 Å². The summed E-state index contributed by atoms with van der Waals surface area (Å²) in [4.78, 5) is 32.5. The molecule has 156 valence electrons. The SMILES string of the molecule is CC/C=C(\OC)C(=O)Nc1sc2c(c1-c1nc3ccccc3s1)CCN(C(C)=O)C2. The molecule has 0 bridgehead atoms. The van der Waals surface area contributed by atoms with Crippen molar-refractivity contribution in [1.29, 1.82) is 0 Å². The average molecular weight is 442 g/mol. The van der Waals surface area contributed by atoms with Crippen LogP contribution in [0.5, 0.6) is 0 Å². The number of benzene rings is 1. The van der Waals surface area contributed by atoms with E-state index in [0.717, 1.165) is 37.1 Å². The van der Waals surface area contributed by atoms with E-state index in [4.69, 9.17) is 9.72 Å². The van der Waals surface area contributed by atoms with Gasteiger partial charge in [-0.2, -0.15) is 0 Å². The van der Waals surface area contributed by atoms with E-state index < -0.39 is 0 Å². The van der Waals surface area contributed by atoms with E-state index in [1.165, 1.54) is 24.0 Å². The Hall–Kier alpha value is -2.71. The minimum Gasteiger partial charge on any atom is -0.491 e. The molecule has 0 saturated carbocycles. The summed E-state index contributed by atoms with van der Waals surface area (Å²) in [5.74, 6) is 0.0851. The van der Waals surface area contributed by atoms with Gasteiger partial charge in [0, 0.05) is 23.9 Å². The lowest BCUT2D eigenvalue weighted by molar-refractivity contribution is -0.129. The second-order valence-electron chi connectivity index (χ2n) is 7.02. The van der Waals surface area contributed by atoms with Gasteiger partial charge in [-0.05, 0) is 36.6 Å². The molecule has 2 aromatic heterocycles. The molecule has 4 rings (SSSR count). The minimum absolute atomic E-state index is 0.0636. The highest BCUT2D eigenvalue weighted by molar-refractivity contribution is 7.23. The topological polar surface area (TPSA) is 71.5 Å². The number of thiophene rings is 1. The maximum Gasteiger partial charge on any atom is 0.290 e. The Labute approximate surface area is 183 Å². The van der Waals surface area contributed by atoms with E-state index in [0.29, 0.717) is 25.3 Å². The molecule has 0 radical (unpaired) electrons. The van der Waals surface area contributed by atoms with Gasteiger partial charge in [-0.1, -0.05) is 19.1 Å². The maximum absolute atomic E-state index is 12.8. The quantitative estimate of drug-likeness (QED) is 0.456. The number of nitrogens with one attached hydrogen (secondary N) is 1. The summed E-state index contributed by atoms with van der Waals surface area (Å²) in [5, 5.41) is 4.69. The Kier molecular flexibility index (Phi) is 5.87. The van der Waals surface area contributed by atoms with E-state index in [9.17, 15) is 9.59 Å². The first-order chi connectivity index (χ1) is 14.5. The van der Waals surface area contributed by atoms with Crippen molar-refractivity contribution in [2.75, 3.05) is 19.0 Å². The van der Waals surface area contributed by atoms with Gasteiger partial charge in [0.25, 0.3) is 5.91 Å². The predicted molar refractivity (Wildman–Crippen MR) is 122 cm³/mol. The molecule has 6 nitrogen and oxygen atoms in total. The van der Waals surface area contributed by atoms with Crippen molar-refractivity contribution < 1.29 is 14.3 Å². The van der Waals surface area contributed by atoms with E-state index >= 15 is 0 Å². The number of hydrogen-bond donors (Lipinski definition) is 1. The number of allylic oxidation sites excluding steroid dienone is 1. The molecular formula is C22H23N3O3S2. The molecule has 2 amide bonds. The lowest BCUT2D eigenvalue weighted by Gasteiger charge is -2.26. The number of methoxy groups -OCH3 is 1. The van der Waals surface area contributed by atoms with Crippen molar-refractivity contribution in [3.63, 3.8) is 0 Å². The van der Waals surface area contributed by atoms with Crippen molar-refractivity contribution >= 4 is 49.7 Å². The number of carbonyl (C=O) groups is 2. The second-order valence-corrected chi connectivity index (χ2v) is 9.16. The zero-order valence-corrected chi connectivity index (χ0v) is 18.8. The highest BCUT2D eigenvalue weighted by atomic mass is 32.1.